The maximum Gasteiger partial charge on any atom is 0.251 e. The van der Waals surface area contributed by atoms with Gasteiger partial charge in [-0.2, -0.15) is 0 Å². The van der Waals surface area contributed by atoms with E-state index in [0.29, 0.717) is 30.3 Å². The second-order valence-electron chi connectivity index (χ2n) is 10.6. The molecule has 1 atom stereocenters. The van der Waals surface area contributed by atoms with E-state index in [2.05, 4.69) is 17.4 Å². The van der Waals surface area contributed by atoms with E-state index >= 15 is 0 Å². The number of nitrogens with zero attached hydrogens (tertiary/aromatic N) is 2. The first-order valence-electron chi connectivity index (χ1n) is 14.2. The van der Waals surface area contributed by atoms with Gasteiger partial charge >= 0.3 is 0 Å². The first kappa shape index (κ1) is 27.7. The largest absolute Gasteiger partial charge is 0.494 e. The quantitative estimate of drug-likeness (QED) is 0.419. The van der Waals surface area contributed by atoms with Crippen LogP contribution < -0.4 is 15.8 Å². The minimum absolute atomic E-state index is 0.0401. The van der Waals surface area contributed by atoms with Gasteiger partial charge in [0, 0.05) is 11.1 Å². The zero-order valence-corrected chi connectivity index (χ0v) is 23.0. The van der Waals surface area contributed by atoms with E-state index in [1.165, 1.54) is 24.2 Å². The minimum atomic E-state index is -0.437. The Bertz CT molecular complexity index is 1140. The highest BCUT2D eigenvalue weighted by Gasteiger charge is 2.37. The number of rotatable bonds is 10. The van der Waals surface area contributed by atoms with E-state index in [-0.39, 0.29) is 30.4 Å². The van der Waals surface area contributed by atoms with Crippen LogP contribution in [-0.4, -0.2) is 34.8 Å². The molecule has 2 amide bonds. The molecule has 0 bridgehead atoms. The smallest absolute Gasteiger partial charge is 0.251 e. The fraction of sp³-hybridized carbons (Fsp3) is 0.516. The van der Waals surface area contributed by atoms with Crippen LogP contribution in [0.3, 0.4) is 0 Å². The maximum absolute atomic E-state index is 13.6. The molecule has 2 aliphatic rings. The molecular formula is C31H42N4O3. The number of benzene rings is 2. The molecule has 1 heterocycles. The number of nitrogens with one attached hydrogen (secondary N) is 1. The molecule has 1 aliphatic carbocycles. The van der Waals surface area contributed by atoms with E-state index in [1.54, 1.807) is 6.07 Å². The summed E-state index contributed by atoms with van der Waals surface area (Å²) in [5, 5.41) is 3.34. The lowest BCUT2D eigenvalue weighted by Gasteiger charge is -2.36. The van der Waals surface area contributed by atoms with Crippen LogP contribution in [-0.2, 0) is 11.3 Å². The zero-order valence-electron chi connectivity index (χ0n) is 23.0. The summed E-state index contributed by atoms with van der Waals surface area (Å²) in [5.74, 6) is 1.09. The summed E-state index contributed by atoms with van der Waals surface area (Å²) in [4.78, 5) is 33.0. The van der Waals surface area contributed by atoms with Gasteiger partial charge in [0.05, 0.1) is 31.2 Å². The number of carbonyl (C=O) groups is 2. The normalized spacial score (nSPS) is 18.6. The summed E-state index contributed by atoms with van der Waals surface area (Å²) in [6, 6.07) is 15.6. The summed E-state index contributed by atoms with van der Waals surface area (Å²) in [7, 11) is 0. The molecule has 4 rings (SSSR count). The molecule has 0 spiro atoms. The number of ether oxygens (including phenoxy) is 1. The third kappa shape index (κ3) is 6.20. The van der Waals surface area contributed by atoms with Crippen LogP contribution in [0, 0.1) is 5.92 Å². The lowest BCUT2D eigenvalue weighted by Crippen LogP contribution is -2.50. The molecule has 38 heavy (non-hydrogen) atoms. The molecule has 204 valence electrons. The van der Waals surface area contributed by atoms with Gasteiger partial charge in [0.25, 0.3) is 5.91 Å². The van der Waals surface area contributed by atoms with E-state index in [4.69, 9.17) is 15.5 Å². The monoisotopic (exact) mass is 518 g/mol. The van der Waals surface area contributed by atoms with Gasteiger partial charge in [0.2, 0.25) is 5.91 Å². The predicted molar refractivity (Wildman–Crippen MR) is 151 cm³/mol. The third-order valence-corrected chi connectivity index (χ3v) is 8.24. The summed E-state index contributed by atoms with van der Waals surface area (Å²) < 4.78 is 5.86. The van der Waals surface area contributed by atoms with Crippen LogP contribution in [0.4, 0.5) is 0 Å². The van der Waals surface area contributed by atoms with Crippen molar-refractivity contribution in [3.63, 3.8) is 0 Å². The first-order valence-corrected chi connectivity index (χ1v) is 14.2. The van der Waals surface area contributed by atoms with Crippen LogP contribution in [0.25, 0.3) is 0 Å². The lowest BCUT2D eigenvalue weighted by atomic mass is 9.81. The Kier molecular flexibility index (Phi) is 9.08. The van der Waals surface area contributed by atoms with Gasteiger partial charge in [0.15, 0.2) is 5.96 Å². The van der Waals surface area contributed by atoms with E-state index < -0.39 is 5.54 Å². The standard InChI is InChI=1S/C31H42N4O3/c1-4-31(5-2)20-27(36)35(30(32)34-31)21-25-19-24(17-18-26(25)38-6-3)29(37)33-28(22-13-9-7-10-14-22)23-15-11-8-12-16-23/h7,9-10,13-14,17-19,23,28H,4-6,8,11-12,15-16,20-21H2,1-3H3,(H2,32,34)(H,33,37). The highest BCUT2D eigenvalue weighted by molar-refractivity contribution is 5.99. The van der Waals surface area contributed by atoms with Crippen molar-refractivity contribution in [3.05, 3.63) is 65.2 Å². The topological polar surface area (TPSA) is 97.0 Å². The molecule has 1 aliphatic heterocycles. The average molecular weight is 519 g/mol. The molecule has 3 N–H and O–H groups in total. The number of guanidine groups is 1. The number of nitrogens with two attached hydrogens (primary N) is 1. The average Bonchev–Trinajstić information content (AvgIpc) is 2.95. The van der Waals surface area contributed by atoms with Crippen molar-refractivity contribution >= 4 is 17.8 Å². The van der Waals surface area contributed by atoms with Crippen molar-refractivity contribution in [2.24, 2.45) is 16.6 Å². The first-order chi connectivity index (χ1) is 18.4. The van der Waals surface area contributed by atoms with E-state index in [1.807, 2.05) is 51.1 Å². The van der Waals surface area contributed by atoms with Gasteiger partial charge < -0.3 is 15.8 Å². The molecule has 2 aromatic rings. The molecule has 7 heteroatoms. The van der Waals surface area contributed by atoms with Crippen LogP contribution in [0.15, 0.2) is 53.5 Å². The number of carbonyl (C=O) groups excluding carboxylic acids is 2. The van der Waals surface area contributed by atoms with Gasteiger partial charge in [-0.3, -0.25) is 14.5 Å². The fourth-order valence-electron chi connectivity index (χ4n) is 5.81. The molecule has 0 saturated heterocycles. The minimum Gasteiger partial charge on any atom is -0.494 e. The maximum atomic E-state index is 13.6. The molecular weight excluding hydrogens is 476 g/mol. The van der Waals surface area contributed by atoms with Crippen LogP contribution in [0.5, 0.6) is 5.75 Å². The van der Waals surface area contributed by atoms with Crippen LogP contribution >= 0.6 is 0 Å². The third-order valence-electron chi connectivity index (χ3n) is 8.24. The number of hydrogen-bond donors (Lipinski definition) is 2. The number of hydrogen-bond acceptors (Lipinski definition) is 5. The Morgan fingerprint density at radius 3 is 2.45 bits per heavy atom. The van der Waals surface area contributed by atoms with E-state index in [0.717, 1.165) is 36.8 Å². The summed E-state index contributed by atoms with van der Waals surface area (Å²) in [6.07, 6.45) is 7.71. The van der Waals surface area contributed by atoms with Gasteiger partial charge in [-0.25, -0.2) is 4.99 Å². The van der Waals surface area contributed by atoms with Crippen LogP contribution in [0.2, 0.25) is 0 Å². The lowest BCUT2D eigenvalue weighted by molar-refractivity contribution is -0.130. The number of aliphatic imine (C=N–C) groups is 1. The molecule has 0 aromatic heterocycles. The predicted octanol–water partition coefficient (Wildman–Crippen LogP) is 5.74. The van der Waals surface area contributed by atoms with Crippen molar-refractivity contribution in [2.75, 3.05) is 6.61 Å². The van der Waals surface area contributed by atoms with Gasteiger partial charge in [-0.05, 0) is 62.3 Å². The second-order valence-corrected chi connectivity index (χ2v) is 10.6. The zero-order chi connectivity index (χ0) is 27.1. The van der Waals surface area contributed by atoms with Gasteiger partial charge in [-0.15, -0.1) is 0 Å². The van der Waals surface area contributed by atoms with Crippen molar-refractivity contribution < 1.29 is 14.3 Å². The molecule has 1 unspecified atom stereocenters. The molecule has 0 radical (unpaired) electrons. The molecule has 7 nitrogen and oxygen atoms in total. The van der Waals surface area contributed by atoms with E-state index in [9.17, 15) is 9.59 Å². The Hall–Kier alpha value is -3.35. The van der Waals surface area contributed by atoms with Crippen molar-refractivity contribution in [2.45, 2.75) is 90.3 Å². The fourth-order valence-corrected chi connectivity index (χ4v) is 5.81. The van der Waals surface area contributed by atoms with Crippen molar-refractivity contribution in [1.29, 1.82) is 0 Å². The summed E-state index contributed by atoms with van der Waals surface area (Å²) in [5.41, 5.74) is 8.29. The SMILES string of the molecule is CCOc1ccc(C(=O)NC(c2ccccc2)C2CCCCC2)cc1CN1C(=O)CC(CC)(CC)N=C1N. The Labute approximate surface area is 226 Å². The Morgan fingerprint density at radius 1 is 1.11 bits per heavy atom. The second kappa shape index (κ2) is 12.5. The molecule has 2 aromatic carbocycles. The molecule has 1 saturated carbocycles. The Balaban J connectivity index is 1.60. The van der Waals surface area contributed by atoms with Crippen molar-refractivity contribution in [3.8, 4) is 5.75 Å². The Morgan fingerprint density at radius 2 is 1.82 bits per heavy atom. The number of amides is 2. The molecule has 1 fully saturated rings. The summed E-state index contributed by atoms with van der Waals surface area (Å²) >= 11 is 0. The highest BCUT2D eigenvalue weighted by atomic mass is 16.5. The summed E-state index contributed by atoms with van der Waals surface area (Å²) in [6.45, 7) is 6.67. The van der Waals surface area contributed by atoms with Gasteiger partial charge in [-0.1, -0.05) is 63.4 Å². The van der Waals surface area contributed by atoms with Crippen molar-refractivity contribution in [1.82, 2.24) is 10.2 Å². The van der Waals surface area contributed by atoms with Crippen LogP contribution in [0.1, 0.15) is 99.7 Å². The highest BCUT2D eigenvalue weighted by Crippen LogP contribution is 2.35. The van der Waals surface area contributed by atoms with Gasteiger partial charge in [0.1, 0.15) is 5.75 Å².